The van der Waals surface area contributed by atoms with E-state index in [0.29, 0.717) is 6.54 Å². The van der Waals surface area contributed by atoms with Gasteiger partial charge in [0.25, 0.3) is 0 Å². The molecule has 1 aromatic carbocycles. The van der Waals surface area contributed by atoms with Crippen molar-refractivity contribution in [3.8, 4) is 0 Å². The Bertz CT molecular complexity index is 728. The topological polar surface area (TPSA) is 85.1 Å². The van der Waals surface area contributed by atoms with Crippen molar-refractivity contribution in [2.24, 2.45) is 5.41 Å². The average Bonchev–Trinajstić information content (AvgIpc) is 2.46. The third-order valence-electron chi connectivity index (χ3n) is 3.33. The first-order valence-electron chi connectivity index (χ1n) is 7.04. The van der Waals surface area contributed by atoms with Crippen LogP contribution in [0, 0.1) is 5.41 Å². The Labute approximate surface area is 131 Å². The summed E-state index contributed by atoms with van der Waals surface area (Å²) in [4.78, 5) is 3.94. The maximum Gasteiger partial charge on any atom is 0.240 e. The summed E-state index contributed by atoms with van der Waals surface area (Å²) in [7, 11) is -3.58. The SMILES string of the molecule is CC(C)(CNS(=O)(=O)c1ccnc(N)c1)Cc1ccccc1. The highest BCUT2D eigenvalue weighted by Crippen LogP contribution is 2.22. The van der Waals surface area contributed by atoms with E-state index >= 15 is 0 Å². The molecule has 2 rings (SSSR count). The van der Waals surface area contributed by atoms with Gasteiger partial charge in [-0.25, -0.2) is 18.1 Å². The van der Waals surface area contributed by atoms with Gasteiger partial charge in [0.2, 0.25) is 10.0 Å². The van der Waals surface area contributed by atoms with Gasteiger partial charge in [-0.15, -0.1) is 0 Å². The Balaban J connectivity index is 2.04. The molecule has 0 spiro atoms. The van der Waals surface area contributed by atoms with Crippen LogP contribution in [0.2, 0.25) is 0 Å². The molecule has 0 bridgehead atoms. The van der Waals surface area contributed by atoms with Crippen molar-refractivity contribution in [1.29, 1.82) is 0 Å². The zero-order valence-corrected chi connectivity index (χ0v) is 13.6. The van der Waals surface area contributed by atoms with Crippen LogP contribution in [0.15, 0.2) is 53.6 Å². The first-order valence-corrected chi connectivity index (χ1v) is 8.52. The van der Waals surface area contributed by atoms with Crippen LogP contribution in [0.3, 0.4) is 0 Å². The first kappa shape index (κ1) is 16.5. The lowest BCUT2D eigenvalue weighted by Gasteiger charge is -2.25. The molecule has 0 aliphatic rings. The number of aromatic nitrogens is 1. The average molecular weight is 319 g/mol. The predicted molar refractivity (Wildman–Crippen MR) is 87.8 cm³/mol. The molecule has 0 unspecified atom stereocenters. The Hall–Kier alpha value is -1.92. The third kappa shape index (κ3) is 4.54. The van der Waals surface area contributed by atoms with E-state index in [1.54, 1.807) is 0 Å². The Morgan fingerprint density at radius 1 is 1.18 bits per heavy atom. The number of nitrogen functional groups attached to an aromatic ring is 1. The fourth-order valence-electron chi connectivity index (χ4n) is 2.18. The summed E-state index contributed by atoms with van der Waals surface area (Å²) in [6.45, 7) is 4.40. The molecule has 0 amide bonds. The molecule has 0 saturated heterocycles. The van der Waals surface area contributed by atoms with Crippen molar-refractivity contribution in [2.45, 2.75) is 25.2 Å². The molecule has 0 saturated carbocycles. The number of anilines is 1. The quantitative estimate of drug-likeness (QED) is 0.855. The Morgan fingerprint density at radius 2 is 1.86 bits per heavy atom. The van der Waals surface area contributed by atoms with Gasteiger partial charge < -0.3 is 5.73 Å². The highest BCUT2D eigenvalue weighted by Gasteiger charge is 2.23. The fourth-order valence-corrected chi connectivity index (χ4v) is 3.44. The minimum Gasteiger partial charge on any atom is -0.384 e. The van der Waals surface area contributed by atoms with Crippen LogP contribution in [-0.4, -0.2) is 19.9 Å². The van der Waals surface area contributed by atoms with E-state index < -0.39 is 10.0 Å². The maximum absolute atomic E-state index is 12.3. The lowest BCUT2D eigenvalue weighted by Crippen LogP contribution is -2.35. The second kappa shape index (κ2) is 6.46. The number of sulfonamides is 1. The highest BCUT2D eigenvalue weighted by atomic mass is 32.2. The molecular formula is C16H21N3O2S. The highest BCUT2D eigenvalue weighted by molar-refractivity contribution is 7.89. The molecule has 118 valence electrons. The molecule has 3 N–H and O–H groups in total. The van der Waals surface area contributed by atoms with Gasteiger partial charge in [0.05, 0.1) is 4.90 Å². The zero-order chi connectivity index (χ0) is 16.2. The van der Waals surface area contributed by atoms with Crippen LogP contribution in [0.1, 0.15) is 19.4 Å². The third-order valence-corrected chi connectivity index (χ3v) is 4.73. The van der Waals surface area contributed by atoms with E-state index in [1.165, 1.54) is 23.9 Å². The van der Waals surface area contributed by atoms with Gasteiger partial charge in [0, 0.05) is 18.8 Å². The lowest BCUT2D eigenvalue weighted by atomic mass is 9.86. The Kier molecular flexibility index (Phi) is 4.83. The minimum atomic E-state index is -3.58. The van der Waals surface area contributed by atoms with Crippen LogP contribution in [0.5, 0.6) is 0 Å². The van der Waals surface area contributed by atoms with Crippen molar-refractivity contribution in [2.75, 3.05) is 12.3 Å². The van der Waals surface area contributed by atoms with Crippen LogP contribution in [0.4, 0.5) is 5.82 Å². The standard InChI is InChI=1S/C16H21N3O2S/c1-16(2,11-13-6-4-3-5-7-13)12-19-22(20,21)14-8-9-18-15(17)10-14/h3-10,19H,11-12H2,1-2H3,(H2,17,18). The molecule has 1 aromatic heterocycles. The van der Waals surface area contributed by atoms with E-state index in [-0.39, 0.29) is 16.1 Å². The summed E-state index contributed by atoms with van der Waals surface area (Å²) in [5.41, 5.74) is 6.52. The van der Waals surface area contributed by atoms with E-state index in [0.717, 1.165) is 6.42 Å². The zero-order valence-electron chi connectivity index (χ0n) is 12.8. The summed E-state index contributed by atoms with van der Waals surface area (Å²) >= 11 is 0. The molecule has 0 aliphatic carbocycles. The number of pyridine rings is 1. The fraction of sp³-hybridized carbons (Fsp3) is 0.312. The summed E-state index contributed by atoms with van der Waals surface area (Å²) < 4.78 is 27.2. The van der Waals surface area contributed by atoms with E-state index in [4.69, 9.17) is 5.73 Å². The van der Waals surface area contributed by atoms with Crippen LogP contribution in [-0.2, 0) is 16.4 Å². The number of hydrogen-bond donors (Lipinski definition) is 2. The van der Waals surface area contributed by atoms with Crippen LogP contribution >= 0.6 is 0 Å². The normalized spacial score (nSPS) is 12.3. The molecule has 0 aliphatic heterocycles. The summed E-state index contributed by atoms with van der Waals surface area (Å²) in [6, 6.07) is 12.8. The molecular weight excluding hydrogens is 298 g/mol. The monoisotopic (exact) mass is 319 g/mol. The van der Waals surface area contributed by atoms with Gasteiger partial charge in [0.1, 0.15) is 5.82 Å². The molecule has 0 radical (unpaired) electrons. The van der Waals surface area contributed by atoms with E-state index in [2.05, 4.69) is 9.71 Å². The number of nitrogens with one attached hydrogen (secondary N) is 1. The van der Waals surface area contributed by atoms with E-state index in [9.17, 15) is 8.42 Å². The van der Waals surface area contributed by atoms with Crippen molar-refractivity contribution in [3.63, 3.8) is 0 Å². The Morgan fingerprint density at radius 3 is 2.50 bits per heavy atom. The van der Waals surface area contributed by atoms with Gasteiger partial charge in [0.15, 0.2) is 0 Å². The summed E-state index contributed by atoms with van der Waals surface area (Å²) in [5.74, 6) is 0.187. The first-order chi connectivity index (χ1) is 10.3. The summed E-state index contributed by atoms with van der Waals surface area (Å²) in [6.07, 6.45) is 2.17. The maximum atomic E-state index is 12.3. The van der Waals surface area contributed by atoms with Crippen LogP contribution < -0.4 is 10.5 Å². The van der Waals surface area contributed by atoms with Crippen molar-refractivity contribution in [3.05, 3.63) is 54.2 Å². The molecule has 5 nitrogen and oxygen atoms in total. The smallest absolute Gasteiger partial charge is 0.240 e. The summed E-state index contributed by atoms with van der Waals surface area (Å²) in [5, 5.41) is 0. The number of benzene rings is 1. The number of nitrogens with zero attached hydrogens (tertiary/aromatic N) is 1. The minimum absolute atomic E-state index is 0.135. The number of hydrogen-bond acceptors (Lipinski definition) is 4. The largest absolute Gasteiger partial charge is 0.384 e. The van der Waals surface area contributed by atoms with Gasteiger partial charge in [-0.3, -0.25) is 0 Å². The van der Waals surface area contributed by atoms with Gasteiger partial charge in [-0.05, 0) is 23.5 Å². The lowest BCUT2D eigenvalue weighted by molar-refractivity contribution is 0.361. The molecule has 22 heavy (non-hydrogen) atoms. The van der Waals surface area contributed by atoms with E-state index in [1.807, 2.05) is 44.2 Å². The van der Waals surface area contributed by atoms with Crippen molar-refractivity contribution in [1.82, 2.24) is 9.71 Å². The molecule has 1 heterocycles. The molecule has 6 heteroatoms. The second-order valence-corrected chi connectivity index (χ2v) is 7.83. The second-order valence-electron chi connectivity index (χ2n) is 6.07. The van der Waals surface area contributed by atoms with Crippen molar-refractivity contribution < 1.29 is 8.42 Å². The van der Waals surface area contributed by atoms with Gasteiger partial charge in [-0.1, -0.05) is 44.2 Å². The molecule has 0 fully saturated rings. The predicted octanol–water partition coefficient (Wildman–Crippen LogP) is 2.21. The molecule has 0 atom stereocenters. The number of rotatable bonds is 6. The van der Waals surface area contributed by atoms with Crippen molar-refractivity contribution >= 4 is 15.8 Å². The molecule has 2 aromatic rings. The van der Waals surface area contributed by atoms with Gasteiger partial charge in [-0.2, -0.15) is 0 Å². The van der Waals surface area contributed by atoms with Gasteiger partial charge >= 0.3 is 0 Å². The number of nitrogens with two attached hydrogens (primary N) is 1. The van der Waals surface area contributed by atoms with Crippen LogP contribution in [0.25, 0.3) is 0 Å².